The molecule has 6 nitrogen and oxygen atoms in total. The highest BCUT2D eigenvalue weighted by atomic mass is 79.9. The first kappa shape index (κ1) is 17.4. The Morgan fingerprint density at radius 1 is 0.905 bits per heavy atom. The minimum Gasteiger partial charge on any atom is -0.259 e. The predicted molar refractivity (Wildman–Crippen MR) is 96.3 cm³/mol. The van der Waals surface area contributed by atoms with Gasteiger partial charge in [-0.2, -0.15) is 0 Å². The first-order chi connectivity index (χ1) is 9.73. The third-order valence-corrected chi connectivity index (χ3v) is 8.09. The zero-order valence-electron chi connectivity index (χ0n) is 9.72. The molecule has 2 N–H and O–H groups in total. The molecular weight excluding hydrogens is 610 g/mol. The Morgan fingerprint density at radius 3 is 1.95 bits per heavy atom. The van der Waals surface area contributed by atoms with Gasteiger partial charge in [0.2, 0.25) is 0 Å². The molecular formula is C10H4Br5N3O3. The van der Waals surface area contributed by atoms with Crippen LogP contribution in [0, 0.1) is 0 Å². The Balaban J connectivity index is 2.72. The maximum Gasteiger partial charge on any atom is 0.334 e. The van der Waals surface area contributed by atoms with E-state index >= 15 is 0 Å². The van der Waals surface area contributed by atoms with Crippen molar-refractivity contribution >= 4 is 79.6 Å². The summed E-state index contributed by atoms with van der Waals surface area (Å²) in [5.74, 6) is 0. The number of alkyl halides is 1. The van der Waals surface area contributed by atoms with Crippen LogP contribution in [-0.2, 0) is 0 Å². The first-order valence-corrected chi connectivity index (χ1v) is 9.25. The second-order valence-electron chi connectivity index (χ2n) is 3.78. The van der Waals surface area contributed by atoms with E-state index in [9.17, 15) is 14.4 Å². The van der Waals surface area contributed by atoms with Crippen LogP contribution in [0.3, 0.4) is 0 Å². The van der Waals surface area contributed by atoms with Gasteiger partial charge in [-0.25, -0.2) is 19.0 Å². The number of aromatic nitrogens is 3. The van der Waals surface area contributed by atoms with Crippen LogP contribution in [0.2, 0.25) is 0 Å². The molecule has 1 heterocycles. The van der Waals surface area contributed by atoms with E-state index in [0.717, 1.165) is 13.5 Å². The van der Waals surface area contributed by atoms with E-state index in [1.54, 1.807) is 6.07 Å². The normalized spacial score (nSPS) is 12.4. The maximum atomic E-state index is 11.8. The van der Waals surface area contributed by atoms with Crippen molar-refractivity contribution in [2.24, 2.45) is 0 Å². The molecule has 0 amide bonds. The van der Waals surface area contributed by atoms with Gasteiger partial charge >= 0.3 is 17.1 Å². The Hall–Kier alpha value is 0.0300. The lowest BCUT2D eigenvalue weighted by Crippen LogP contribution is -2.44. The molecule has 1 aromatic heterocycles. The van der Waals surface area contributed by atoms with Crippen molar-refractivity contribution in [3.8, 4) is 0 Å². The monoisotopic (exact) mass is 609 g/mol. The summed E-state index contributed by atoms with van der Waals surface area (Å²) < 4.78 is 3.72. The average Bonchev–Trinajstić information content (AvgIpc) is 2.39. The minimum atomic E-state index is -0.849. The highest BCUT2D eigenvalue weighted by molar-refractivity contribution is 9.15. The summed E-state index contributed by atoms with van der Waals surface area (Å²) in [6.07, 6.45) is 0. The quantitative estimate of drug-likeness (QED) is 0.310. The van der Waals surface area contributed by atoms with Crippen LogP contribution < -0.4 is 17.1 Å². The summed E-state index contributed by atoms with van der Waals surface area (Å²) in [4.78, 5) is 38.0. The summed E-state index contributed by atoms with van der Waals surface area (Å²) in [6.45, 7) is 0. The van der Waals surface area contributed by atoms with Gasteiger partial charge in [0, 0.05) is 23.5 Å². The Labute approximate surface area is 159 Å². The van der Waals surface area contributed by atoms with Gasteiger partial charge in [0.15, 0.2) is 0 Å². The molecule has 1 aromatic carbocycles. The van der Waals surface area contributed by atoms with E-state index in [4.69, 9.17) is 0 Å². The summed E-state index contributed by atoms with van der Waals surface area (Å²) in [6, 6.07) is 1.73. The lowest BCUT2D eigenvalue weighted by atomic mass is 10.2. The molecule has 0 aliphatic heterocycles. The lowest BCUT2D eigenvalue weighted by molar-refractivity contribution is 0.646. The van der Waals surface area contributed by atoms with Gasteiger partial charge in [0.05, 0.1) is 0 Å². The molecule has 2 rings (SSSR count). The van der Waals surface area contributed by atoms with Gasteiger partial charge in [-0.3, -0.25) is 9.97 Å². The second kappa shape index (κ2) is 6.65. The number of aromatic amines is 2. The van der Waals surface area contributed by atoms with E-state index in [1.165, 1.54) is 0 Å². The molecule has 1 atom stereocenters. The SMILES string of the molecule is O=c1[nH]c(=O)n(C(Br)c2cc(Br)c(Br)c(Br)c2Br)c(=O)[nH]1. The van der Waals surface area contributed by atoms with Crippen LogP contribution >= 0.6 is 79.6 Å². The van der Waals surface area contributed by atoms with E-state index < -0.39 is 22.0 Å². The predicted octanol–water partition coefficient (Wildman–Crippen LogP) is 3.22. The average molecular weight is 614 g/mol. The molecule has 0 aliphatic carbocycles. The van der Waals surface area contributed by atoms with Crippen LogP contribution in [0.5, 0.6) is 0 Å². The van der Waals surface area contributed by atoms with Gasteiger partial charge in [0.1, 0.15) is 4.95 Å². The highest BCUT2D eigenvalue weighted by Gasteiger charge is 2.21. The van der Waals surface area contributed by atoms with Gasteiger partial charge in [-0.05, 0) is 69.8 Å². The third kappa shape index (κ3) is 3.36. The number of hydrogen-bond donors (Lipinski definition) is 2. The summed E-state index contributed by atoms with van der Waals surface area (Å²) >= 11 is 16.8. The second-order valence-corrected chi connectivity index (χ2v) is 7.89. The van der Waals surface area contributed by atoms with Crippen molar-refractivity contribution in [1.82, 2.24) is 14.5 Å². The number of rotatable bonds is 2. The van der Waals surface area contributed by atoms with Crippen LogP contribution in [-0.4, -0.2) is 14.5 Å². The molecule has 0 saturated heterocycles. The number of halogens is 5. The van der Waals surface area contributed by atoms with E-state index in [-0.39, 0.29) is 0 Å². The van der Waals surface area contributed by atoms with E-state index in [1.807, 2.05) is 9.97 Å². The molecule has 21 heavy (non-hydrogen) atoms. The summed E-state index contributed by atoms with van der Waals surface area (Å²) in [5.41, 5.74) is -1.87. The number of nitrogens with one attached hydrogen (secondary N) is 2. The third-order valence-electron chi connectivity index (χ3n) is 2.49. The molecule has 0 saturated carbocycles. The van der Waals surface area contributed by atoms with Gasteiger partial charge < -0.3 is 0 Å². The van der Waals surface area contributed by atoms with Crippen molar-refractivity contribution in [3.63, 3.8) is 0 Å². The van der Waals surface area contributed by atoms with Crippen LogP contribution in [0.15, 0.2) is 38.3 Å². The van der Waals surface area contributed by atoms with Crippen LogP contribution in [0.25, 0.3) is 0 Å². The standard InChI is InChI=1S/C10H4Br5N3O3/c11-3-1-2(4(12)6(14)5(3)13)7(15)18-9(20)16-8(19)17-10(18)21/h1,7H,(H2,16,17,19,20,21). The fourth-order valence-corrected chi connectivity index (χ4v) is 4.85. The summed E-state index contributed by atoms with van der Waals surface area (Å²) in [5, 5.41) is 0. The summed E-state index contributed by atoms with van der Waals surface area (Å²) in [7, 11) is 0. The zero-order valence-corrected chi connectivity index (χ0v) is 17.6. The lowest BCUT2D eigenvalue weighted by Gasteiger charge is -2.16. The highest BCUT2D eigenvalue weighted by Crippen LogP contribution is 2.42. The Morgan fingerprint density at radius 2 is 1.43 bits per heavy atom. The van der Waals surface area contributed by atoms with E-state index in [0.29, 0.717) is 14.5 Å². The molecule has 2 aromatic rings. The van der Waals surface area contributed by atoms with Crippen molar-refractivity contribution in [1.29, 1.82) is 0 Å². The molecule has 0 bridgehead atoms. The number of H-pyrrole nitrogens is 2. The van der Waals surface area contributed by atoms with Crippen molar-refractivity contribution in [3.05, 3.63) is 61.0 Å². The van der Waals surface area contributed by atoms with Crippen molar-refractivity contribution in [2.45, 2.75) is 4.95 Å². The van der Waals surface area contributed by atoms with Gasteiger partial charge in [-0.1, -0.05) is 15.9 Å². The molecule has 0 radical (unpaired) electrons. The first-order valence-electron chi connectivity index (χ1n) is 5.16. The largest absolute Gasteiger partial charge is 0.334 e. The molecule has 0 aliphatic rings. The smallest absolute Gasteiger partial charge is 0.259 e. The van der Waals surface area contributed by atoms with Crippen molar-refractivity contribution < 1.29 is 0 Å². The minimum absolute atomic E-state index is 0.608. The topological polar surface area (TPSA) is 87.7 Å². The van der Waals surface area contributed by atoms with Crippen LogP contribution in [0.4, 0.5) is 0 Å². The molecule has 1 unspecified atom stereocenters. The number of hydrogen-bond acceptors (Lipinski definition) is 3. The molecule has 11 heteroatoms. The van der Waals surface area contributed by atoms with E-state index in [2.05, 4.69) is 79.6 Å². The zero-order chi connectivity index (χ0) is 15.9. The van der Waals surface area contributed by atoms with Gasteiger partial charge in [0.25, 0.3) is 0 Å². The van der Waals surface area contributed by atoms with Gasteiger partial charge in [-0.15, -0.1) is 0 Å². The Bertz CT molecular complexity index is 851. The fourth-order valence-electron chi connectivity index (χ4n) is 1.55. The molecule has 112 valence electrons. The number of nitrogens with zero attached hydrogens (tertiary/aromatic N) is 1. The van der Waals surface area contributed by atoms with Crippen LogP contribution in [0.1, 0.15) is 10.5 Å². The molecule has 0 spiro atoms. The van der Waals surface area contributed by atoms with Crippen molar-refractivity contribution in [2.75, 3.05) is 0 Å². The fraction of sp³-hybridized carbons (Fsp3) is 0.100. The molecule has 0 fully saturated rings. The Kier molecular flexibility index (Phi) is 5.50. The maximum absolute atomic E-state index is 11.8. The number of benzene rings is 1.